The second-order valence-electron chi connectivity index (χ2n) is 10.9. The van der Waals surface area contributed by atoms with Crippen LogP contribution < -0.4 is 10.1 Å². The van der Waals surface area contributed by atoms with E-state index in [2.05, 4.69) is 44.3 Å². The van der Waals surface area contributed by atoms with Crippen LogP contribution >= 0.6 is 0 Å². The molecule has 1 fully saturated rings. The van der Waals surface area contributed by atoms with Gasteiger partial charge >= 0.3 is 5.97 Å². The first kappa shape index (κ1) is 22.4. The monoisotopic (exact) mass is 433 g/mol. The topological polar surface area (TPSA) is 55.6 Å². The summed E-state index contributed by atoms with van der Waals surface area (Å²) in [4.78, 5) is 17.3. The number of carbonyl (C=O) groups excluding carboxylic acids is 1. The number of carbonyl (C=O) groups is 1. The van der Waals surface area contributed by atoms with Gasteiger partial charge < -0.3 is 10.1 Å². The highest BCUT2D eigenvalue weighted by molar-refractivity contribution is 5.78. The van der Waals surface area contributed by atoms with Gasteiger partial charge in [-0.2, -0.15) is 0 Å². The summed E-state index contributed by atoms with van der Waals surface area (Å²) >= 11 is 0. The molecule has 2 aromatic heterocycles. The zero-order chi connectivity index (χ0) is 22.9. The standard InChI is InChI=1S/C27H35N3O2/c1-26(2,3)18-27(4,5)29-24-23(28-22-12-8-9-17-30(22)24)19-13-15-21(16-14-19)32-25(31)20-10-6-7-11-20/h8-9,12-17,20,29H,6-7,10-11,18H2,1-5H3. The minimum Gasteiger partial charge on any atom is -0.426 e. The predicted molar refractivity (Wildman–Crippen MR) is 130 cm³/mol. The van der Waals surface area contributed by atoms with E-state index in [1.807, 2.05) is 48.7 Å². The molecular weight excluding hydrogens is 398 g/mol. The summed E-state index contributed by atoms with van der Waals surface area (Å²) in [6.07, 6.45) is 7.17. The van der Waals surface area contributed by atoms with Crippen LogP contribution in [0.4, 0.5) is 5.82 Å². The first-order valence-electron chi connectivity index (χ1n) is 11.7. The minimum atomic E-state index is -0.116. The third-order valence-electron chi connectivity index (χ3n) is 5.99. The summed E-state index contributed by atoms with van der Waals surface area (Å²) in [6.45, 7) is 11.2. The van der Waals surface area contributed by atoms with Gasteiger partial charge in [0.05, 0.1) is 5.92 Å². The zero-order valence-corrected chi connectivity index (χ0v) is 19.9. The minimum absolute atomic E-state index is 0.0500. The van der Waals surface area contributed by atoms with E-state index < -0.39 is 0 Å². The number of aromatic nitrogens is 2. The van der Waals surface area contributed by atoms with Crippen molar-refractivity contribution in [2.75, 3.05) is 5.32 Å². The van der Waals surface area contributed by atoms with Gasteiger partial charge in [-0.1, -0.05) is 39.7 Å². The van der Waals surface area contributed by atoms with Gasteiger partial charge in [-0.05, 0) is 74.9 Å². The van der Waals surface area contributed by atoms with Crippen molar-refractivity contribution in [3.05, 3.63) is 48.7 Å². The van der Waals surface area contributed by atoms with Crippen LogP contribution in [0.3, 0.4) is 0 Å². The Labute approximate surface area is 191 Å². The van der Waals surface area contributed by atoms with Gasteiger partial charge in [0.25, 0.3) is 0 Å². The van der Waals surface area contributed by atoms with E-state index in [1.54, 1.807) is 0 Å². The fourth-order valence-electron chi connectivity index (χ4n) is 5.05. The number of benzene rings is 1. The van der Waals surface area contributed by atoms with Crippen LogP contribution in [0.1, 0.15) is 66.7 Å². The summed E-state index contributed by atoms with van der Waals surface area (Å²) < 4.78 is 7.74. The first-order valence-corrected chi connectivity index (χ1v) is 11.7. The Morgan fingerprint density at radius 3 is 2.41 bits per heavy atom. The van der Waals surface area contributed by atoms with E-state index in [9.17, 15) is 4.79 Å². The van der Waals surface area contributed by atoms with Crippen molar-refractivity contribution in [1.29, 1.82) is 0 Å². The molecule has 0 atom stereocenters. The lowest BCUT2D eigenvalue weighted by Gasteiger charge is -2.34. The number of nitrogens with zero attached hydrogens (tertiary/aromatic N) is 2. The quantitative estimate of drug-likeness (QED) is 0.346. The highest BCUT2D eigenvalue weighted by Crippen LogP contribution is 2.35. The second-order valence-corrected chi connectivity index (χ2v) is 10.9. The molecule has 0 saturated heterocycles. The molecule has 0 unspecified atom stereocenters. The number of rotatable bonds is 6. The maximum atomic E-state index is 12.4. The Hall–Kier alpha value is -2.82. The van der Waals surface area contributed by atoms with Crippen LogP contribution in [0.15, 0.2) is 48.7 Å². The molecule has 0 radical (unpaired) electrons. The number of fused-ring (bicyclic) bond motifs is 1. The van der Waals surface area contributed by atoms with Crippen molar-refractivity contribution in [3.8, 4) is 17.0 Å². The van der Waals surface area contributed by atoms with Gasteiger partial charge in [0.1, 0.15) is 22.9 Å². The fourth-order valence-corrected chi connectivity index (χ4v) is 5.05. The molecule has 1 aliphatic carbocycles. The van der Waals surface area contributed by atoms with Crippen LogP contribution in [0.2, 0.25) is 0 Å². The largest absolute Gasteiger partial charge is 0.426 e. The molecule has 1 aromatic carbocycles. The highest BCUT2D eigenvalue weighted by atomic mass is 16.5. The number of ether oxygens (including phenoxy) is 1. The maximum absolute atomic E-state index is 12.4. The molecule has 3 aromatic rings. The number of hydrogen-bond donors (Lipinski definition) is 1. The Balaban J connectivity index is 1.62. The van der Waals surface area contributed by atoms with Gasteiger partial charge in [-0.25, -0.2) is 4.98 Å². The molecule has 4 rings (SSSR count). The molecule has 5 nitrogen and oxygen atoms in total. The van der Waals surface area contributed by atoms with Crippen molar-refractivity contribution in [3.63, 3.8) is 0 Å². The number of pyridine rings is 1. The van der Waals surface area contributed by atoms with Crippen LogP contribution in [0.5, 0.6) is 5.75 Å². The van der Waals surface area contributed by atoms with Crippen molar-refractivity contribution < 1.29 is 9.53 Å². The lowest BCUT2D eigenvalue weighted by molar-refractivity contribution is -0.138. The predicted octanol–water partition coefficient (Wildman–Crippen LogP) is 6.72. The SMILES string of the molecule is CC(C)(C)CC(C)(C)Nc1c(-c2ccc(OC(=O)C3CCCC3)cc2)nc2ccccn12. The van der Waals surface area contributed by atoms with E-state index in [0.29, 0.717) is 5.75 Å². The highest BCUT2D eigenvalue weighted by Gasteiger charge is 2.28. The summed E-state index contributed by atoms with van der Waals surface area (Å²) in [5, 5.41) is 3.76. The Kier molecular flexibility index (Phi) is 6.02. The second kappa shape index (κ2) is 8.61. The lowest BCUT2D eigenvalue weighted by atomic mass is 9.82. The molecule has 2 heterocycles. The average Bonchev–Trinajstić information content (AvgIpc) is 3.35. The number of hydrogen-bond acceptors (Lipinski definition) is 4. The van der Waals surface area contributed by atoms with E-state index in [1.165, 1.54) is 0 Å². The Morgan fingerprint density at radius 2 is 1.75 bits per heavy atom. The Bertz CT molecular complexity index is 1080. The molecule has 0 spiro atoms. The van der Waals surface area contributed by atoms with Crippen molar-refractivity contribution in [1.82, 2.24) is 9.38 Å². The van der Waals surface area contributed by atoms with Crippen LogP contribution in [0.25, 0.3) is 16.9 Å². The van der Waals surface area contributed by atoms with Crippen LogP contribution in [-0.2, 0) is 4.79 Å². The third-order valence-corrected chi connectivity index (χ3v) is 5.99. The van der Waals surface area contributed by atoms with Gasteiger partial charge in [0.15, 0.2) is 0 Å². The average molecular weight is 434 g/mol. The lowest BCUT2D eigenvalue weighted by Crippen LogP contribution is -2.36. The van der Waals surface area contributed by atoms with E-state index >= 15 is 0 Å². The molecule has 1 saturated carbocycles. The molecule has 0 bridgehead atoms. The molecular formula is C27H35N3O2. The summed E-state index contributed by atoms with van der Waals surface area (Å²) in [7, 11) is 0. The number of nitrogens with one attached hydrogen (secondary N) is 1. The van der Waals surface area contributed by atoms with Gasteiger partial charge in [-0.3, -0.25) is 9.20 Å². The molecule has 5 heteroatoms. The number of anilines is 1. The molecule has 0 amide bonds. The Morgan fingerprint density at radius 1 is 1.06 bits per heavy atom. The van der Waals surface area contributed by atoms with Crippen molar-refractivity contribution in [2.45, 2.75) is 72.3 Å². The number of imidazole rings is 1. The maximum Gasteiger partial charge on any atom is 0.314 e. The normalized spacial score (nSPS) is 15.3. The van der Waals surface area contributed by atoms with Crippen LogP contribution in [0, 0.1) is 11.3 Å². The van der Waals surface area contributed by atoms with Crippen molar-refractivity contribution >= 4 is 17.4 Å². The van der Waals surface area contributed by atoms with E-state index in [-0.39, 0.29) is 22.8 Å². The third kappa shape index (κ3) is 5.14. The smallest absolute Gasteiger partial charge is 0.314 e. The summed E-state index contributed by atoms with van der Waals surface area (Å²) in [5.74, 6) is 1.52. The van der Waals surface area contributed by atoms with Gasteiger partial charge in [0.2, 0.25) is 0 Å². The molecule has 0 aliphatic heterocycles. The van der Waals surface area contributed by atoms with Crippen molar-refractivity contribution in [2.24, 2.45) is 11.3 Å². The number of esters is 1. The molecule has 32 heavy (non-hydrogen) atoms. The van der Waals surface area contributed by atoms with E-state index in [0.717, 1.165) is 54.8 Å². The zero-order valence-electron chi connectivity index (χ0n) is 19.9. The molecule has 170 valence electrons. The van der Waals surface area contributed by atoms with Gasteiger partial charge in [-0.15, -0.1) is 0 Å². The molecule has 1 N–H and O–H groups in total. The summed E-state index contributed by atoms with van der Waals surface area (Å²) in [6, 6.07) is 13.8. The van der Waals surface area contributed by atoms with E-state index in [4.69, 9.17) is 9.72 Å². The fraction of sp³-hybridized carbons (Fsp3) is 0.481. The van der Waals surface area contributed by atoms with Gasteiger partial charge in [0, 0.05) is 17.3 Å². The molecule has 1 aliphatic rings. The first-order chi connectivity index (χ1) is 15.1. The summed E-state index contributed by atoms with van der Waals surface area (Å²) in [5.41, 5.74) is 2.86. The van der Waals surface area contributed by atoms with Crippen LogP contribution in [-0.4, -0.2) is 20.9 Å².